The fourth-order valence-corrected chi connectivity index (χ4v) is 1.62. The summed E-state index contributed by atoms with van der Waals surface area (Å²) in [6.07, 6.45) is 1.78. The maximum atomic E-state index is 11.6. The van der Waals surface area contributed by atoms with Crippen LogP contribution in [0.3, 0.4) is 0 Å². The predicted molar refractivity (Wildman–Crippen MR) is 65.8 cm³/mol. The van der Waals surface area contributed by atoms with Gasteiger partial charge in [0.2, 0.25) is 0 Å². The second-order valence-electron chi connectivity index (χ2n) is 3.97. The maximum absolute atomic E-state index is 11.6. The van der Waals surface area contributed by atoms with Crippen LogP contribution in [0.4, 0.5) is 0 Å². The molecule has 17 heavy (non-hydrogen) atoms. The van der Waals surface area contributed by atoms with E-state index in [4.69, 9.17) is 0 Å². The number of hydrogen-bond donors (Lipinski definition) is 0. The molecule has 3 nitrogen and oxygen atoms in total. The van der Waals surface area contributed by atoms with E-state index in [0.717, 1.165) is 12.0 Å². The van der Waals surface area contributed by atoms with Gasteiger partial charge in [-0.3, -0.25) is 9.59 Å². The van der Waals surface area contributed by atoms with E-state index in [0.29, 0.717) is 6.42 Å². The SMILES string of the molecule is CCc1cccc(CC(=O)CCC(=O)OC)c1. The summed E-state index contributed by atoms with van der Waals surface area (Å²) >= 11 is 0. The first kappa shape index (κ1) is 13.4. The number of aryl methyl sites for hydroxylation is 1. The van der Waals surface area contributed by atoms with Gasteiger partial charge in [0.05, 0.1) is 13.5 Å². The van der Waals surface area contributed by atoms with Gasteiger partial charge in [-0.15, -0.1) is 0 Å². The molecule has 0 atom stereocenters. The van der Waals surface area contributed by atoms with Crippen molar-refractivity contribution in [1.29, 1.82) is 0 Å². The van der Waals surface area contributed by atoms with E-state index in [2.05, 4.69) is 11.7 Å². The molecule has 0 unspecified atom stereocenters. The van der Waals surface area contributed by atoms with Crippen LogP contribution in [-0.4, -0.2) is 18.9 Å². The summed E-state index contributed by atoms with van der Waals surface area (Å²) in [6, 6.07) is 7.98. The van der Waals surface area contributed by atoms with E-state index < -0.39 is 0 Å². The summed E-state index contributed by atoms with van der Waals surface area (Å²) in [4.78, 5) is 22.5. The molecule has 3 heteroatoms. The number of hydrogen-bond acceptors (Lipinski definition) is 3. The highest BCUT2D eigenvalue weighted by molar-refractivity contribution is 5.84. The number of ether oxygens (including phenoxy) is 1. The summed E-state index contributed by atoms with van der Waals surface area (Å²) in [7, 11) is 1.33. The van der Waals surface area contributed by atoms with Crippen LogP contribution >= 0.6 is 0 Å². The molecule has 0 aliphatic carbocycles. The molecule has 0 amide bonds. The Morgan fingerprint density at radius 3 is 2.53 bits per heavy atom. The molecule has 0 heterocycles. The van der Waals surface area contributed by atoms with Gasteiger partial charge < -0.3 is 4.74 Å². The van der Waals surface area contributed by atoms with Crippen LogP contribution in [0.2, 0.25) is 0 Å². The number of carbonyl (C=O) groups excluding carboxylic acids is 2. The van der Waals surface area contributed by atoms with Crippen molar-refractivity contribution < 1.29 is 14.3 Å². The molecule has 0 spiro atoms. The summed E-state index contributed by atoms with van der Waals surface area (Å²) in [5.74, 6) is -0.260. The Kier molecular flexibility index (Phi) is 5.40. The lowest BCUT2D eigenvalue weighted by Gasteiger charge is -2.03. The van der Waals surface area contributed by atoms with Gasteiger partial charge in [-0.05, 0) is 17.5 Å². The Balaban J connectivity index is 2.47. The van der Waals surface area contributed by atoms with E-state index in [-0.39, 0.29) is 24.6 Å². The molecule has 0 N–H and O–H groups in total. The summed E-state index contributed by atoms with van der Waals surface area (Å²) in [5, 5.41) is 0. The first-order valence-electron chi connectivity index (χ1n) is 5.82. The normalized spacial score (nSPS) is 10.0. The van der Waals surface area contributed by atoms with Gasteiger partial charge in [0.15, 0.2) is 0 Å². The van der Waals surface area contributed by atoms with Crippen LogP contribution in [0.15, 0.2) is 24.3 Å². The third kappa shape index (κ3) is 4.81. The quantitative estimate of drug-likeness (QED) is 0.709. The molecule has 1 aromatic rings. The predicted octanol–water partition coefficient (Wildman–Crippen LogP) is 2.31. The van der Waals surface area contributed by atoms with Crippen molar-refractivity contribution in [3.8, 4) is 0 Å². The molecule has 0 radical (unpaired) electrons. The maximum Gasteiger partial charge on any atom is 0.305 e. The lowest BCUT2D eigenvalue weighted by Crippen LogP contribution is -2.08. The summed E-state index contributed by atoms with van der Waals surface area (Å²) in [5.41, 5.74) is 2.24. The smallest absolute Gasteiger partial charge is 0.305 e. The minimum atomic E-state index is -0.333. The van der Waals surface area contributed by atoms with Crippen molar-refractivity contribution in [3.05, 3.63) is 35.4 Å². The second kappa shape index (κ2) is 6.84. The van der Waals surface area contributed by atoms with Gasteiger partial charge in [0.25, 0.3) is 0 Å². The topological polar surface area (TPSA) is 43.4 Å². The highest BCUT2D eigenvalue weighted by atomic mass is 16.5. The average molecular weight is 234 g/mol. The second-order valence-corrected chi connectivity index (χ2v) is 3.97. The first-order chi connectivity index (χ1) is 8.15. The van der Waals surface area contributed by atoms with Gasteiger partial charge in [-0.25, -0.2) is 0 Å². The molecule has 0 aliphatic rings. The number of ketones is 1. The van der Waals surface area contributed by atoms with Crippen molar-refractivity contribution in [2.45, 2.75) is 32.6 Å². The van der Waals surface area contributed by atoms with Crippen LogP contribution in [0.25, 0.3) is 0 Å². The highest BCUT2D eigenvalue weighted by Gasteiger charge is 2.08. The van der Waals surface area contributed by atoms with Gasteiger partial charge in [-0.2, -0.15) is 0 Å². The van der Waals surface area contributed by atoms with E-state index >= 15 is 0 Å². The molecule has 0 fully saturated rings. The molecule has 0 saturated heterocycles. The standard InChI is InChI=1S/C14H18O3/c1-3-11-5-4-6-12(9-11)10-13(15)7-8-14(16)17-2/h4-6,9H,3,7-8,10H2,1-2H3. The van der Waals surface area contributed by atoms with E-state index in [1.54, 1.807) is 0 Å². The number of esters is 1. The number of benzene rings is 1. The van der Waals surface area contributed by atoms with Crippen molar-refractivity contribution in [3.63, 3.8) is 0 Å². The van der Waals surface area contributed by atoms with Gasteiger partial charge >= 0.3 is 5.97 Å². The molecule has 1 aromatic carbocycles. The van der Waals surface area contributed by atoms with Crippen LogP contribution in [0.5, 0.6) is 0 Å². The molecule has 0 bridgehead atoms. The zero-order valence-corrected chi connectivity index (χ0v) is 10.4. The number of rotatable bonds is 6. The molecule has 0 aromatic heterocycles. The van der Waals surface area contributed by atoms with Crippen molar-refractivity contribution in [2.75, 3.05) is 7.11 Å². The van der Waals surface area contributed by atoms with Crippen LogP contribution in [0.1, 0.15) is 30.9 Å². The lowest BCUT2D eigenvalue weighted by molar-refractivity contribution is -0.141. The first-order valence-corrected chi connectivity index (χ1v) is 5.82. The number of Topliss-reactive ketones (excluding diaryl/α,β-unsaturated/α-hetero) is 1. The molecular formula is C14H18O3. The zero-order valence-electron chi connectivity index (χ0n) is 10.4. The largest absolute Gasteiger partial charge is 0.469 e. The fourth-order valence-electron chi connectivity index (χ4n) is 1.62. The van der Waals surface area contributed by atoms with E-state index in [9.17, 15) is 9.59 Å². The Morgan fingerprint density at radius 1 is 1.18 bits per heavy atom. The Bertz CT molecular complexity index is 396. The third-order valence-corrected chi connectivity index (χ3v) is 2.64. The average Bonchev–Trinajstić information content (AvgIpc) is 2.36. The van der Waals surface area contributed by atoms with E-state index in [1.807, 2.05) is 24.3 Å². The minimum absolute atomic E-state index is 0.0728. The van der Waals surface area contributed by atoms with Gasteiger partial charge in [0, 0.05) is 12.8 Å². The Morgan fingerprint density at radius 2 is 1.88 bits per heavy atom. The number of methoxy groups -OCH3 is 1. The number of carbonyl (C=O) groups is 2. The van der Waals surface area contributed by atoms with Crippen LogP contribution < -0.4 is 0 Å². The van der Waals surface area contributed by atoms with Gasteiger partial charge in [0.1, 0.15) is 5.78 Å². The molecule has 1 rings (SSSR count). The Hall–Kier alpha value is -1.64. The lowest BCUT2D eigenvalue weighted by atomic mass is 10.0. The molecule has 0 saturated carbocycles. The van der Waals surface area contributed by atoms with Gasteiger partial charge in [-0.1, -0.05) is 31.2 Å². The molecular weight excluding hydrogens is 216 g/mol. The van der Waals surface area contributed by atoms with E-state index in [1.165, 1.54) is 12.7 Å². The summed E-state index contributed by atoms with van der Waals surface area (Å²) in [6.45, 7) is 2.08. The highest BCUT2D eigenvalue weighted by Crippen LogP contribution is 2.08. The van der Waals surface area contributed by atoms with Crippen LogP contribution in [0, 0.1) is 0 Å². The minimum Gasteiger partial charge on any atom is -0.469 e. The monoisotopic (exact) mass is 234 g/mol. The van der Waals surface area contributed by atoms with Crippen molar-refractivity contribution in [1.82, 2.24) is 0 Å². The van der Waals surface area contributed by atoms with Crippen molar-refractivity contribution >= 4 is 11.8 Å². The Labute approximate surface area is 102 Å². The van der Waals surface area contributed by atoms with Crippen LogP contribution in [-0.2, 0) is 27.2 Å². The zero-order chi connectivity index (χ0) is 12.7. The third-order valence-electron chi connectivity index (χ3n) is 2.64. The molecule has 92 valence electrons. The summed E-state index contributed by atoms with van der Waals surface area (Å²) < 4.78 is 4.50. The fraction of sp³-hybridized carbons (Fsp3) is 0.429. The van der Waals surface area contributed by atoms with Crippen molar-refractivity contribution in [2.24, 2.45) is 0 Å². The molecule has 0 aliphatic heterocycles.